The number of nitrogens with zero attached hydrogens (tertiary/aromatic N) is 2. The number of nitriles is 1. The lowest BCUT2D eigenvalue weighted by Crippen LogP contribution is -2.47. The second-order valence-corrected chi connectivity index (χ2v) is 6.50. The summed E-state index contributed by atoms with van der Waals surface area (Å²) >= 11 is 0. The van der Waals surface area contributed by atoms with Gasteiger partial charge in [0, 0.05) is 0 Å². The maximum atomic E-state index is 12.3. The number of likely N-dealkylation sites (N-methyl/N-ethyl adjacent to an activating group) is 1. The largest absolute Gasteiger partial charge is 0.401 e. The first-order valence-electron chi connectivity index (χ1n) is 6.30. The molecule has 0 bridgehead atoms. The molecule has 0 saturated heterocycles. The third-order valence-corrected chi connectivity index (χ3v) is 4.32. The average molecular weight is 349 g/mol. The molecule has 0 fully saturated rings. The summed E-state index contributed by atoms with van der Waals surface area (Å²) in [5, 5.41) is 8.73. The van der Waals surface area contributed by atoms with Gasteiger partial charge in [-0.15, -0.1) is 0 Å². The van der Waals surface area contributed by atoms with Gasteiger partial charge in [0.2, 0.25) is 0 Å². The van der Waals surface area contributed by atoms with Crippen LogP contribution >= 0.6 is 0 Å². The van der Waals surface area contributed by atoms with E-state index in [1.54, 1.807) is 10.8 Å². The summed E-state index contributed by atoms with van der Waals surface area (Å²) in [6.45, 7) is -0.201. The van der Waals surface area contributed by atoms with E-state index in [2.05, 4.69) is 0 Å². The Labute approximate surface area is 131 Å². The summed E-state index contributed by atoms with van der Waals surface area (Å²) < 4.78 is 62.7. The van der Waals surface area contributed by atoms with Gasteiger partial charge in [-0.3, -0.25) is 9.69 Å². The molecule has 1 amide bonds. The highest BCUT2D eigenvalue weighted by Gasteiger charge is 2.33. The second kappa shape index (κ2) is 6.97. The lowest BCUT2D eigenvalue weighted by Gasteiger charge is -2.24. The molecule has 1 atom stereocenters. The van der Waals surface area contributed by atoms with Crippen LogP contribution in [0.1, 0.15) is 12.5 Å². The van der Waals surface area contributed by atoms with Crippen LogP contribution in [0.3, 0.4) is 0 Å². The molecule has 0 heterocycles. The maximum absolute atomic E-state index is 12.3. The second-order valence-electron chi connectivity index (χ2n) is 4.82. The lowest BCUT2D eigenvalue weighted by atomic mass is 10.2. The quantitative estimate of drug-likeness (QED) is 0.864. The first kappa shape index (κ1) is 18.9. The van der Waals surface area contributed by atoms with Crippen LogP contribution in [0.5, 0.6) is 0 Å². The third-order valence-electron chi connectivity index (χ3n) is 2.98. The monoisotopic (exact) mass is 349 g/mol. The Bertz CT molecular complexity index is 726. The van der Waals surface area contributed by atoms with Crippen molar-refractivity contribution in [3.63, 3.8) is 0 Å². The van der Waals surface area contributed by atoms with Gasteiger partial charge in [0.05, 0.1) is 29.1 Å². The predicted octanol–water partition coefficient (Wildman–Crippen LogP) is 1.25. The van der Waals surface area contributed by atoms with Crippen molar-refractivity contribution in [3.05, 3.63) is 29.8 Å². The highest BCUT2D eigenvalue weighted by atomic mass is 32.2. The summed E-state index contributed by atoms with van der Waals surface area (Å²) in [7, 11) is -3.22. The number of sulfonamides is 1. The Morgan fingerprint density at radius 3 is 2.57 bits per heavy atom. The molecule has 6 nitrogen and oxygen atoms in total. The average Bonchev–Trinajstić information content (AvgIpc) is 2.44. The number of carbonyl (C=O) groups excluding carboxylic acids is 1. The van der Waals surface area contributed by atoms with Crippen LogP contribution < -0.4 is 4.72 Å². The van der Waals surface area contributed by atoms with Gasteiger partial charge in [-0.25, -0.2) is 13.1 Å². The molecule has 0 aliphatic heterocycles. The zero-order chi connectivity index (χ0) is 17.8. The van der Waals surface area contributed by atoms with Crippen LogP contribution in [-0.2, 0) is 14.8 Å². The molecule has 0 aromatic heterocycles. The van der Waals surface area contributed by atoms with Gasteiger partial charge < -0.3 is 0 Å². The van der Waals surface area contributed by atoms with E-state index in [9.17, 15) is 26.4 Å². The van der Waals surface area contributed by atoms with Crippen LogP contribution in [0.25, 0.3) is 0 Å². The first-order chi connectivity index (χ1) is 10.5. The minimum absolute atomic E-state index is 0.0718. The van der Waals surface area contributed by atoms with Crippen LogP contribution in [-0.4, -0.2) is 45.0 Å². The van der Waals surface area contributed by atoms with E-state index >= 15 is 0 Å². The predicted molar refractivity (Wildman–Crippen MR) is 74.6 cm³/mol. The molecule has 126 valence electrons. The van der Waals surface area contributed by atoms with Gasteiger partial charge in [-0.2, -0.15) is 18.4 Å². The van der Waals surface area contributed by atoms with Gasteiger partial charge >= 0.3 is 6.18 Å². The van der Waals surface area contributed by atoms with Crippen LogP contribution in [0.4, 0.5) is 13.2 Å². The Morgan fingerprint density at radius 2 is 2.04 bits per heavy atom. The Morgan fingerprint density at radius 1 is 1.43 bits per heavy atom. The smallest absolute Gasteiger partial charge is 0.287 e. The van der Waals surface area contributed by atoms with Crippen LogP contribution in [0, 0.1) is 11.3 Å². The summed E-state index contributed by atoms with van der Waals surface area (Å²) in [6.07, 6.45) is -4.51. The van der Waals surface area contributed by atoms with Crippen LogP contribution in [0.15, 0.2) is 29.2 Å². The van der Waals surface area contributed by atoms with E-state index in [4.69, 9.17) is 5.26 Å². The molecule has 1 N–H and O–H groups in total. The Kier molecular flexibility index (Phi) is 5.74. The number of nitrogens with one attached hydrogen (secondary N) is 1. The van der Waals surface area contributed by atoms with Crippen molar-refractivity contribution < 1.29 is 26.4 Å². The highest BCUT2D eigenvalue weighted by Crippen LogP contribution is 2.17. The van der Waals surface area contributed by atoms with Gasteiger partial charge in [0.15, 0.2) is 0 Å². The maximum Gasteiger partial charge on any atom is 0.401 e. The van der Waals surface area contributed by atoms with E-state index in [0.29, 0.717) is 4.90 Å². The van der Waals surface area contributed by atoms with Crippen molar-refractivity contribution in [2.75, 3.05) is 13.6 Å². The number of halogens is 3. The zero-order valence-electron chi connectivity index (χ0n) is 12.3. The molecule has 23 heavy (non-hydrogen) atoms. The molecule has 1 aromatic carbocycles. The van der Waals surface area contributed by atoms with E-state index in [-0.39, 0.29) is 10.5 Å². The molecule has 1 unspecified atom stereocenters. The highest BCUT2D eigenvalue weighted by molar-refractivity contribution is 7.90. The van der Waals surface area contributed by atoms with Crippen molar-refractivity contribution in [1.29, 1.82) is 5.26 Å². The number of hydrogen-bond acceptors (Lipinski definition) is 5. The molecule has 1 rings (SSSR count). The third kappa shape index (κ3) is 5.54. The molecule has 10 heteroatoms. The molecule has 1 aromatic rings. The minimum atomic E-state index is -4.51. The Balaban J connectivity index is 2.88. The molecule has 0 spiro atoms. The van der Waals surface area contributed by atoms with E-state index < -0.39 is 34.7 Å². The summed E-state index contributed by atoms with van der Waals surface area (Å²) in [5.74, 6) is -1.10. The van der Waals surface area contributed by atoms with E-state index in [1.165, 1.54) is 18.2 Å². The number of rotatable bonds is 5. The summed E-state index contributed by atoms with van der Waals surface area (Å²) in [6, 6.07) is 5.35. The number of benzene rings is 1. The number of carbonyl (C=O) groups is 1. The minimum Gasteiger partial charge on any atom is -0.287 e. The van der Waals surface area contributed by atoms with Crippen molar-refractivity contribution in [1.82, 2.24) is 9.62 Å². The van der Waals surface area contributed by atoms with E-state index in [0.717, 1.165) is 20.0 Å². The molecule has 0 aliphatic carbocycles. The van der Waals surface area contributed by atoms with Crippen LogP contribution in [0.2, 0.25) is 0 Å². The normalized spacial score (nSPS) is 13.4. The van der Waals surface area contributed by atoms with Gasteiger partial charge in [-0.1, -0.05) is 6.07 Å². The number of amides is 1. The summed E-state index contributed by atoms with van der Waals surface area (Å²) in [4.78, 5) is 12.2. The standard InChI is InChI=1S/C13H14F3N3O3S/c1-9(19(2)8-13(14,15)16)12(20)18-23(21,22)11-5-3-4-10(6-11)7-17/h3-6,9H,8H2,1-2H3,(H,18,20). The topological polar surface area (TPSA) is 90.3 Å². The fraction of sp³-hybridized carbons (Fsp3) is 0.385. The van der Waals surface area contributed by atoms with Crippen molar-refractivity contribution in [2.45, 2.75) is 24.0 Å². The zero-order valence-corrected chi connectivity index (χ0v) is 13.1. The SMILES string of the molecule is CC(C(=O)NS(=O)(=O)c1cccc(C#N)c1)N(C)CC(F)(F)F. The van der Waals surface area contributed by atoms with Crippen molar-refractivity contribution in [3.8, 4) is 6.07 Å². The fourth-order valence-corrected chi connectivity index (χ4v) is 2.72. The number of hydrogen-bond donors (Lipinski definition) is 1. The Hall–Kier alpha value is -2.12. The van der Waals surface area contributed by atoms with E-state index in [1.807, 2.05) is 0 Å². The molecular formula is C13H14F3N3O3S. The van der Waals surface area contributed by atoms with Gasteiger partial charge in [0.25, 0.3) is 15.9 Å². The molecule has 0 saturated carbocycles. The van der Waals surface area contributed by atoms with Crippen molar-refractivity contribution in [2.24, 2.45) is 0 Å². The van der Waals surface area contributed by atoms with Crippen molar-refractivity contribution >= 4 is 15.9 Å². The summed E-state index contributed by atoms with van der Waals surface area (Å²) in [5.41, 5.74) is 0.0718. The lowest BCUT2D eigenvalue weighted by molar-refractivity contribution is -0.150. The van der Waals surface area contributed by atoms with Gasteiger partial charge in [-0.05, 0) is 32.2 Å². The fourth-order valence-electron chi connectivity index (χ4n) is 1.63. The van der Waals surface area contributed by atoms with Gasteiger partial charge in [0.1, 0.15) is 0 Å². The first-order valence-corrected chi connectivity index (χ1v) is 7.78. The molecule has 0 radical (unpaired) electrons. The molecule has 0 aliphatic rings. The molecular weight excluding hydrogens is 335 g/mol. The number of alkyl halides is 3.